The molecule has 0 aliphatic heterocycles. The summed E-state index contributed by atoms with van der Waals surface area (Å²) in [6.07, 6.45) is 1.48. The second-order valence-electron chi connectivity index (χ2n) is 5.22. The number of amides is 1. The molecule has 4 nitrogen and oxygen atoms in total. The molecule has 1 aliphatic carbocycles. The molecule has 0 saturated heterocycles. The molecule has 1 saturated carbocycles. The summed E-state index contributed by atoms with van der Waals surface area (Å²) in [5, 5.41) is 11.7. The number of rotatable bonds is 2. The molecule has 1 unspecified atom stereocenters. The van der Waals surface area contributed by atoms with Crippen LogP contribution in [0.15, 0.2) is 0 Å². The average molecular weight is 210 g/mol. The van der Waals surface area contributed by atoms with Crippen LogP contribution in [0.1, 0.15) is 40.5 Å². The normalized spacial score (nSPS) is 19.9. The van der Waals surface area contributed by atoms with Gasteiger partial charge in [-0.25, -0.2) is 4.79 Å². The predicted octanol–water partition coefficient (Wildman–Crippen LogP) is 2.20. The predicted molar refractivity (Wildman–Crippen MR) is 56.1 cm³/mol. The van der Waals surface area contributed by atoms with Crippen LogP contribution >= 0.6 is 0 Å². The fraction of sp³-hybridized carbons (Fsp3) is 0.818. The Morgan fingerprint density at radius 2 is 1.93 bits per heavy atom. The van der Waals surface area contributed by atoms with Crippen molar-refractivity contribution in [2.45, 2.75) is 51.7 Å². The Hall–Kier alpha value is -1.24. The van der Waals surface area contributed by atoms with Crippen molar-refractivity contribution < 1.29 is 9.53 Å². The van der Waals surface area contributed by atoms with Gasteiger partial charge >= 0.3 is 6.09 Å². The lowest BCUT2D eigenvalue weighted by molar-refractivity contribution is 0.0478. The molecule has 1 rings (SSSR count). The summed E-state index contributed by atoms with van der Waals surface area (Å²) < 4.78 is 5.11. The maximum absolute atomic E-state index is 11.5. The third kappa shape index (κ3) is 3.43. The van der Waals surface area contributed by atoms with Gasteiger partial charge in [0.1, 0.15) is 11.1 Å². The van der Waals surface area contributed by atoms with Gasteiger partial charge in [-0.3, -0.25) is 0 Å². The van der Waals surface area contributed by atoms with E-state index in [0.717, 1.165) is 12.8 Å². The molecule has 1 amide bonds. The molecular formula is C11H18N2O2. The lowest BCUT2D eigenvalue weighted by Gasteiger charge is -2.26. The van der Waals surface area contributed by atoms with Crippen LogP contribution < -0.4 is 5.32 Å². The summed E-state index contributed by atoms with van der Waals surface area (Å²) in [6, 6.07) is 2.15. The molecule has 0 aromatic carbocycles. The van der Waals surface area contributed by atoms with E-state index in [0.29, 0.717) is 0 Å². The first-order chi connectivity index (χ1) is 6.77. The van der Waals surface area contributed by atoms with E-state index in [1.165, 1.54) is 0 Å². The highest BCUT2D eigenvalue weighted by atomic mass is 16.6. The Labute approximate surface area is 90.6 Å². The molecule has 0 aromatic rings. The number of carbonyl (C=O) groups excluding carboxylic acids is 1. The highest BCUT2D eigenvalue weighted by Crippen LogP contribution is 2.39. The van der Waals surface area contributed by atoms with Crippen molar-refractivity contribution >= 4 is 6.09 Å². The topological polar surface area (TPSA) is 62.1 Å². The zero-order chi connectivity index (χ0) is 11.7. The minimum Gasteiger partial charge on any atom is -0.444 e. The van der Waals surface area contributed by atoms with E-state index in [4.69, 9.17) is 10.00 Å². The second kappa shape index (κ2) is 3.73. The molecule has 15 heavy (non-hydrogen) atoms. The van der Waals surface area contributed by atoms with Crippen molar-refractivity contribution in [2.75, 3.05) is 0 Å². The molecule has 1 atom stereocenters. The van der Waals surface area contributed by atoms with E-state index < -0.39 is 17.2 Å². The molecule has 0 bridgehead atoms. The minimum atomic E-state index is -0.775. The largest absolute Gasteiger partial charge is 0.444 e. The van der Waals surface area contributed by atoms with Crippen LogP contribution in [0.3, 0.4) is 0 Å². The fourth-order valence-corrected chi connectivity index (χ4v) is 1.40. The summed E-state index contributed by atoms with van der Waals surface area (Å²) in [5.74, 6) is 0.273. The maximum Gasteiger partial charge on any atom is 0.408 e. The molecule has 84 valence electrons. The van der Waals surface area contributed by atoms with Crippen molar-refractivity contribution in [1.29, 1.82) is 5.26 Å². The number of nitriles is 1. The smallest absolute Gasteiger partial charge is 0.408 e. The van der Waals surface area contributed by atoms with E-state index in [9.17, 15) is 4.79 Å². The van der Waals surface area contributed by atoms with Gasteiger partial charge in [0, 0.05) is 0 Å². The van der Waals surface area contributed by atoms with Crippen LogP contribution in [0.4, 0.5) is 4.79 Å². The molecule has 4 heteroatoms. The van der Waals surface area contributed by atoms with Gasteiger partial charge < -0.3 is 10.1 Å². The summed E-state index contributed by atoms with van der Waals surface area (Å²) in [7, 11) is 0. The molecule has 0 heterocycles. The number of alkyl carbamates (subject to hydrolysis) is 1. The third-order valence-electron chi connectivity index (χ3n) is 2.39. The van der Waals surface area contributed by atoms with Gasteiger partial charge in [0.05, 0.1) is 6.07 Å². The lowest BCUT2D eigenvalue weighted by Crippen LogP contribution is -2.48. The van der Waals surface area contributed by atoms with Crippen LogP contribution in [0.5, 0.6) is 0 Å². The second-order valence-corrected chi connectivity index (χ2v) is 5.22. The van der Waals surface area contributed by atoms with Gasteiger partial charge in [0.2, 0.25) is 0 Å². The van der Waals surface area contributed by atoms with Gasteiger partial charge in [0.25, 0.3) is 0 Å². The Balaban J connectivity index is 2.53. The first-order valence-electron chi connectivity index (χ1n) is 5.19. The highest BCUT2D eigenvalue weighted by Gasteiger charge is 2.43. The van der Waals surface area contributed by atoms with E-state index in [1.54, 1.807) is 27.7 Å². The number of hydrogen-bond acceptors (Lipinski definition) is 3. The molecule has 1 fully saturated rings. The number of ether oxygens (including phenoxy) is 1. The van der Waals surface area contributed by atoms with Crippen molar-refractivity contribution in [3.05, 3.63) is 0 Å². The third-order valence-corrected chi connectivity index (χ3v) is 2.39. The van der Waals surface area contributed by atoms with Gasteiger partial charge in [0.15, 0.2) is 0 Å². The molecule has 0 spiro atoms. The summed E-state index contributed by atoms with van der Waals surface area (Å²) in [6.45, 7) is 7.14. The Bertz CT molecular complexity index is 297. The zero-order valence-corrected chi connectivity index (χ0v) is 9.76. The Kier molecular flexibility index (Phi) is 2.94. The van der Waals surface area contributed by atoms with E-state index in [1.807, 2.05) is 0 Å². The average Bonchev–Trinajstić information content (AvgIpc) is 2.81. The van der Waals surface area contributed by atoms with Gasteiger partial charge in [-0.2, -0.15) is 5.26 Å². The van der Waals surface area contributed by atoms with E-state index in [2.05, 4.69) is 11.4 Å². The maximum atomic E-state index is 11.5. The number of hydrogen-bond donors (Lipinski definition) is 1. The van der Waals surface area contributed by atoms with Gasteiger partial charge in [-0.15, -0.1) is 0 Å². The molecule has 0 radical (unpaired) electrons. The first-order valence-corrected chi connectivity index (χ1v) is 5.19. The quantitative estimate of drug-likeness (QED) is 0.760. The standard InChI is InChI=1S/C11H18N2O2/c1-10(2,3)15-9(14)13-11(4,7-12)8-5-6-8/h8H,5-6H2,1-4H3,(H,13,14). The number of carbonyl (C=O) groups is 1. The summed E-state index contributed by atoms with van der Waals surface area (Å²) in [5.41, 5.74) is -1.30. The van der Waals surface area contributed by atoms with Crippen LogP contribution in [-0.2, 0) is 4.74 Å². The Morgan fingerprint density at radius 3 is 2.27 bits per heavy atom. The monoisotopic (exact) mass is 210 g/mol. The van der Waals surface area contributed by atoms with E-state index in [-0.39, 0.29) is 5.92 Å². The van der Waals surface area contributed by atoms with Crippen LogP contribution in [0.2, 0.25) is 0 Å². The molecule has 1 aliphatic rings. The molecule has 1 N–H and O–H groups in total. The lowest BCUT2D eigenvalue weighted by atomic mass is 9.98. The van der Waals surface area contributed by atoms with Crippen molar-refractivity contribution in [3.63, 3.8) is 0 Å². The SMILES string of the molecule is CC(C)(C)OC(=O)NC(C)(C#N)C1CC1. The minimum absolute atomic E-state index is 0.273. The molecular weight excluding hydrogens is 192 g/mol. The van der Waals surface area contributed by atoms with Crippen LogP contribution in [-0.4, -0.2) is 17.2 Å². The first kappa shape index (κ1) is 11.8. The summed E-state index contributed by atoms with van der Waals surface area (Å²) >= 11 is 0. The van der Waals surface area contributed by atoms with Gasteiger partial charge in [-0.1, -0.05) is 0 Å². The fourth-order valence-electron chi connectivity index (χ4n) is 1.40. The summed E-state index contributed by atoms with van der Waals surface area (Å²) in [4.78, 5) is 11.5. The Morgan fingerprint density at radius 1 is 1.40 bits per heavy atom. The van der Waals surface area contributed by atoms with Crippen molar-refractivity contribution in [1.82, 2.24) is 5.32 Å². The van der Waals surface area contributed by atoms with Crippen LogP contribution in [0, 0.1) is 17.2 Å². The molecule has 0 aromatic heterocycles. The van der Waals surface area contributed by atoms with Crippen molar-refractivity contribution in [2.24, 2.45) is 5.92 Å². The van der Waals surface area contributed by atoms with Crippen LogP contribution in [0.25, 0.3) is 0 Å². The van der Waals surface area contributed by atoms with E-state index >= 15 is 0 Å². The number of nitrogens with zero attached hydrogens (tertiary/aromatic N) is 1. The zero-order valence-electron chi connectivity index (χ0n) is 9.76. The number of nitrogens with one attached hydrogen (secondary N) is 1. The highest BCUT2D eigenvalue weighted by molar-refractivity contribution is 5.69. The van der Waals surface area contributed by atoms with Crippen molar-refractivity contribution in [3.8, 4) is 6.07 Å². The van der Waals surface area contributed by atoms with Gasteiger partial charge in [-0.05, 0) is 46.5 Å².